The smallest absolute Gasteiger partial charge is 0.226 e. The van der Waals surface area contributed by atoms with Gasteiger partial charge in [0.05, 0.1) is 0 Å². The molecule has 2 unspecified atom stereocenters. The standard InChI is InChI=1S/C19H25NO3S/c1-3-16-13-15(2)19(14-16)21-18(22-23-19)9-11-20(12-10-18)24-17-7-5-4-6-8-17/h4-8,14-15H,3,9-13H2,1-2H3. The van der Waals surface area contributed by atoms with Crippen LogP contribution < -0.4 is 0 Å². The SMILES string of the molecule is CCC1=CC2(OOC3(CCN(Sc4ccccc4)CC3)O2)C(C)C1. The van der Waals surface area contributed by atoms with E-state index in [1.807, 2.05) is 6.07 Å². The molecule has 3 aliphatic rings. The number of benzene rings is 1. The number of piperidine rings is 1. The topological polar surface area (TPSA) is 30.9 Å². The first-order chi connectivity index (χ1) is 11.6. The Labute approximate surface area is 148 Å². The summed E-state index contributed by atoms with van der Waals surface area (Å²) in [5.74, 6) is -0.939. The van der Waals surface area contributed by atoms with Crippen molar-refractivity contribution in [3.63, 3.8) is 0 Å². The van der Waals surface area contributed by atoms with Gasteiger partial charge in [-0.15, -0.1) is 0 Å². The van der Waals surface area contributed by atoms with Crippen LogP contribution in [0.3, 0.4) is 0 Å². The number of hydrogen-bond donors (Lipinski definition) is 0. The lowest BCUT2D eigenvalue weighted by Gasteiger charge is -2.36. The molecule has 5 heteroatoms. The molecule has 24 heavy (non-hydrogen) atoms. The molecule has 2 fully saturated rings. The Hall–Kier alpha value is -0.850. The predicted octanol–water partition coefficient (Wildman–Crippen LogP) is 4.54. The molecule has 0 aromatic heterocycles. The minimum atomic E-state index is -0.667. The second-order valence-electron chi connectivity index (χ2n) is 7.00. The van der Waals surface area contributed by atoms with Crippen molar-refractivity contribution in [3.8, 4) is 0 Å². The maximum Gasteiger partial charge on any atom is 0.226 e. The minimum Gasteiger partial charge on any atom is -0.308 e. The van der Waals surface area contributed by atoms with Gasteiger partial charge < -0.3 is 4.74 Å². The van der Waals surface area contributed by atoms with E-state index in [1.165, 1.54) is 10.5 Å². The van der Waals surface area contributed by atoms with Crippen molar-refractivity contribution in [1.29, 1.82) is 0 Å². The Balaban J connectivity index is 1.38. The van der Waals surface area contributed by atoms with Gasteiger partial charge in [0.25, 0.3) is 0 Å². The van der Waals surface area contributed by atoms with Gasteiger partial charge >= 0.3 is 0 Å². The largest absolute Gasteiger partial charge is 0.308 e. The number of allylic oxidation sites excluding steroid dienone is 1. The summed E-state index contributed by atoms with van der Waals surface area (Å²) in [5.41, 5.74) is 1.40. The van der Waals surface area contributed by atoms with Gasteiger partial charge in [-0.2, -0.15) is 9.78 Å². The van der Waals surface area contributed by atoms with Crippen LogP contribution in [0.25, 0.3) is 0 Å². The van der Waals surface area contributed by atoms with E-state index in [0.29, 0.717) is 5.92 Å². The van der Waals surface area contributed by atoms with Crippen molar-refractivity contribution in [2.45, 2.75) is 56.0 Å². The lowest BCUT2D eigenvalue weighted by Crippen LogP contribution is -2.45. The van der Waals surface area contributed by atoms with Crippen LogP contribution in [0.4, 0.5) is 0 Å². The minimum absolute atomic E-state index is 0.309. The fourth-order valence-corrected chi connectivity index (χ4v) is 4.65. The molecule has 2 spiro atoms. The first-order valence-corrected chi connectivity index (χ1v) is 9.66. The number of nitrogens with zero attached hydrogens (tertiary/aromatic N) is 1. The molecule has 1 aliphatic carbocycles. The van der Waals surface area contributed by atoms with E-state index in [4.69, 9.17) is 14.5 Å². The fraction of sp³-hybridized carbons (Fsp3) is 0.579. The van der Waals surface area contributed by atoms with E-state index in [1.54, 1.807) is 11.9 Å². The highest BCUT2D eigenvalue weighted by molar-refractivity contribution is 7.97. The van der Waals surface area contributed by atoms with Crippen molar-refractivity contribution in [1.82, 2.24) is 4.31 Å². The summed E-state index contributed by atoms with van der Waals surface area (Å²) in [5, 5.41) is 0. The fourth-order valence-electron chi connectivity index (χ4n) is 3.70. The van der Waals surface area contributed by atoms with Gasteiger partial charge in [-0.05, 0) is 43.0 Å². The van der Waals surface area contributed by atoms with Crippen LogP contribution in [0.5, 0.6) is 0 Å². The van der Waals surface area contributed by atoms with Crippen LogP contribution >= 0.6 is 11.9 Å². The summed E-state index contributed by atoms with van der Waals surface area (Å²) in [6.07, 6.45) is 5.89. The third kappa shape index (κ3) is 3.04. The molecule has 2 heterocycles. The average Bonchev–Trinajstić information content (AvgIpc) is 3.12. The van der Waals surface area contributed by atoms with Gasteiger partial charge in [0.15, 0.2) is 0 Å². The number of ether oxygens (including phenoxy) is 1. The Bertz CT molecular complexity index is 612. The first kappa shape index (κ1) is 16.6. The third-order valence-electron chi connectivity index (χ3n) is 5.25. The lowest BCUT2D eigenvalue weighted by molar-refractivity contribution is -0.351. The maximum atomic E-state index is 6.42. The van der Waals surface area contributed by atoms with Crippen LogP contribution in [-0.4, -0.2) is 29.0 Å². The normalized spacial score (nSPS) is 32.6. The summed E-state index contributed by atoms with van der Waals surface area (Å²) in [4.78, 5) is 12.8. The molecule has 0 bridgehead atoms. The second-order valence-corrected chi connectivity index (χ2v) is 8.17. The zero-order chi connectivity index (χ0) is 16.6. The van der Waals surface area contributed by atoms with Crippen molar-refractivity contribution in [2.75, 3.05) is 13.1 Å². The molecule has 0 N–H and O–H groups in total. The summed E-state index contributed by atoms with van der Waals surface area (Å²) in [6.45, 7) is 6.22. The highest BCUT2D eigenvalue weighted by Crippen LogP contribution is 2.50. The summed E-state index contributed by atoms with van der Waals surface area (Å²) in [6, 6.07) is 10.5. The van der Waals surface area contributed by atoms with E-state index >= 15 is 0 Å². The van der Waals surface area contributed by atoms with Gasteiger partial charge in [-0.25, -0.2) is 4.31 Å². The Kier molecular flexibility index (Phi) is 4.47. The van der Waals surface area contributed by atoms with E-state index in [2.05, 4.69) is 48.5 Å². The van der Waals surface area contributed by atoms with Crippen LogP contribution in [0, 0.1) is 5.92 Å². The van der Waals surface area contributed by atoms with E-state index < -0.39 is 11.6 Å². The average molecular weight is 347 g/mol. The van der Waals surface area contributed by atoms with Crippen molar-refractivity contribution in [2.24, 2.45) is 5.92 Å². The van der Waals surface area contributed by atoms with Crippen LogP contribution in [0.2, 0.25) is 0 Å². The number of hydrogen-bond acceptors (Lipinski definition) is 5. The van der Waals surface area contributed by atoms with Gasteiger partial charge in [0.2, 0.25) is 11.6 Å². The van der Waals surface area contributed by atoms with Crippen LogP contribution in [0.1, 0.15) is 39.5 Å². The zero-order valence-corrected chi connectivity index (χ0v) is 15.2. The molecule has 2 aliphatic heterocycles. The van der Waals surface area contributed by atoms with Crippen molar-refractivity contribution in [3.05, 3.63) is 42.0 Å². The molecular formula is C19H25NO3S. The summed E-state index contributed by atoms with van der Waals surface area (Å²) < 4.78 is 8.80. The quantitative estimate of drug-likeness (QED) is 0.455. The maximum absolute atomic E-state index is 6.42. The predicted molar refractivity (Wildman–Crippen MR) is 94.0 cm³/mol. The molecule has 1 aromatic carbocycles. The third-order valence-corrected chi connectivity index (χ3v) is 6.35. The monoisotopic (exact) mass is 347 g/mol. The van der Waals surface area contributed by atoms with Gasteiger partial charge in [0.1, 0.15) is 0 Å². The number of rotatable bonds is 3. The van der Waals surface area contributed by atoms with Crippen LogP contribution in [-0.2, 0) is 14.5 Å². The zero-order valence-electron chi connectivity index (χ0n) is 14.4. The van der Waals surface area contributed by atoms with Gasteiger partial charge in [-0.3, -0.25) is 0 Å². The lowest BCUT2D eigenvalue weighted by atomic mass is 10.0. The highest BCUT2D eigenvalue weighted by atomic mass is 32.2. The molecular weight excluding hydrogens is 322 g/mol. The summed E-state index contributed by atoms with van der Waals surface area (Å²) in [7, 11) is 0. The Morgan fingerprint density at radius 3 is 2.58 bits per heavy atom. The molecule has 0 amide bonds. The molecule has 0 radical (unpaired) electrons. The Morgan fingerprint density at radius 1 is 1.17 bits per heavy atom. The van der Waals surface area contributed by atoms with Crippen LogP contribution in [0.15, 0.2) is 46.9 Å². The van der Waals surface area contributed by atoms with Gasteiger partial charge in [-0.1, -0.05) is 37.6 Å². The molecule has 2 saturated heterocycles. The van der Waals surface area contributed by atoms with E-state index in [9.17, 15) is 0 Å². The van der Waals surface area contributed by atoms with Crippen molar-refractivity contribution >= 4 is 11.9 Å². The summed E-state index contributed by atoms with van der Waals surface area (Å²) >= 11 is 1.80. The molecule has 4 nitrogen and oxygen atoms in total. The Morgan fingerprint density at radius 2 is 1.92 bits per heavy atom. The molecule has 130 valence electrons. The molecule has 4 rings (SSSR count). The first-order valence-electron chi connectivity index (χ1n) is 8.89. The van der Waals surface area contributed by atoms with Gasteiger partial charge in [0, 0.05) is 36.7 Å². The molecule has 1 aromatic rings. The van der Waals surface area contributed by atoms with E-state index in [-0.39, 0.29) is 0 Å². The molecule has 0 saturated carbocycles. The van der Waals surface area contributed by atoms with Crippen molar-refractivity contribution < 1.29 is 14.5 Å². The van der Waals surface area contributed by atoms with E-state index in [0.717, 1.165) is 38.8 Å². The highest BCUT2D eigenvalue weighted by Gasteiger charge is 2.57. The second kappa shape index (κ2) is 6.46. The molecule has 2 atom stereocenters.